The van der Waals surface area contributed by atoms with Gasteiger partial charge in [-0.25, -0.2) is 0 Å². The maximum atomic E-state index is 11.0. The lowest BCUT2D eigenvalue weighted by atomic mass is 10.1. The second-order valence-corrected chi connectivity index (χ2v) is 4.98. The van der Waals surface area contributed by atoms with Crippen LogP contribution in [0.3, 0.4) is 0 Å². The Hall–Kier alpha value is -3.42. The number of carbonyl (C=O) groups is 1. The van der Waals surface area contributed by atoms with Crippen LogP contribution in [-0.2, 0) is 4.79 Å². The fourth-order valence-electron chi connectivity index (χ4n) is 2.09. The summed E-state index contributed by atoms with van der Waals surface area (Å²) in [6.07, 6.45) is 0.590. The summed E-state index contributed by atoms with van der Waals surface area (Å²) in [6.45, 7) is 1.38. The molecule has 0 saturated carbocycles. The summed E-state index contributed by atoms with van der Waals surface area (Å²) < 4.78 is 5.01. The van der Waals surface area contributed by atoms with E-state index in [9.17, 15) is 20.0 Å². The maximum Gasteiger partial charge on any atom is 0.294 e. The molecule has 0 aliphatic carbocycles. The number of nitrogens with zero attached hydrogens (tertiary/aromatic N) is 2. The number of nitro groups is 1. The summed E-state index contributed by atoms with van der Waals surface area (Å²) in [6, 6.07) is 12.9. The molecule has 0 aliphatic heterocycles. The van der Waals surface area contributed by atoms with Crippen molar-refractivity contribution >= 4 is 23.1 Å². The molecule has 0 aliphatic rings. The molecule has 25 heavy (non-hydrogen) atoms. The predicted octanol–water partition coefficient (Wildman–Crippen LogP) is 1.95. The Morgan fingerprint density at radius 3 is 2.48 bits per heavy atom. The molecular formula is C17H16N3O5-. The van der Waals surface area contributed by atoms with Gasteiger partial charge in [0.25, 0.3) is 5.69 Å². The molecule has 0 bridgehead atoms. The lowest BCUT2D eigenvalue weighted by Gasteiger charge is -2.09. The average molecular weight is 342 g/mol. The van der Waals surface area contributed by atoms with Crippen molar-refractivity contribution in [3.05, 3.63) is 64.2 Å². The van der Waals surface area contributed by atoms with E-state index in [0.717, 1.165) is 5.56 Å². The molecule has 130 valence electrons. The standard InChI is InChI=1S/C17H17N3O5/c1-2-14(12-7-9-13(10-8-12)25-11-17(21)22)18-19-15-5-3-4-6-16(15)20(23)24/h3-10,19H,2,11H2,1H3,(H,21,22)/p-1/b18-14-. The summed E-state index contributed by atoms with van der Waals surface area (Å²) >= 11 is 0. The molecule has 0 radical (unpaired) electrons. The number of anilines is 1. The van der Waals surface area contributed by atoms with Crippen molar-refractivity contribution in [3.8, 4) is 5.75 Å². The van der Waals surface area contributed by atoms with Crippen molar-refractivity contribution in [1.82, 2.24) is 0 Å². The van der Waals surface area contributed by atoms with Crippen LogP contribution >= 0.6 is 0 Å². The van der Waals surface area contributed by atoms with Crippen LogP contribution in [0.1, 0.15) is 18.9 Å². The maximum absolute atomic E-state index is 11.0. The number of rotatable bonds is 8. The van der Waals surface area contributed by atoms with Crippen molar-refractivity contribution in [3.63, 3.8) is 0 Å². The van der Waals surface area contributed by atoms with E-state index in [0.29, 0.717) is 23.6 Å². The number of carboxylic acid groups (broad SMARTS) is 1. The van der Waals surface area contributed by atoms with E-state index in [1.54, 1.807) is 42.5 Å². The minimum Gasteiger partial charge on any atom is -0.546 e. The van der Waals surface area contributed by atoms with Gasteiger partial charge in [-0.05, 0) is 42.3 Å². The van der Waals surface area contributed by atoms with Crippen molar-refractivity contribution in [2.45, 2.75) is 13.3 Å². The van der Waals surface area contributed by atoms with Gasteiger partial charge in [0, 0.05) is 6.07 Å². The zero-order valence-corrected chi connectivity index (χ0v) is 13.5. The van der Waals surface area contributed by atoms with Gasteiger partial charge >= 0.3 is 0 Å². The van der Waals surface area contributed by atoms with Crippen LogP contribution in [0.15, 0.2) is 53.6 Å². The number of hydrogen-bond acceptors (Lipinski definition) is 7. The molecule has 0 saturated heterocycles. The molecule has 8 heteroatoms. The van der Waals surface area contributed by atoms with Gasteiger partial charge in [0.1, 0.15) is 18.0 Å². The summed E-state index contributed by atoms with van der Waals surface area (Å²) in [4.78, 5) is 20.9. The first kappa shape index (κ1) is 17.9. The summed E-state index contributed by atoms with van der Waals surface area (Å²) in [5.74, 6) is -0.899. The van der Waals surface area contributed by atoms with Gasteiger partial charge in [0.2, 0.25) is 0 Å². The van der Waals surface area contributed by atoms with Gasteiger partial charge in [0.15, 0.2) is 0 Å². The molecule has 8 nitrogen and oxygen atoms in total. The highest BCUT2D eigenvalue weighted by Gasteiger charge is 2.12. The summed E-state index contributed by atoms with van der Waals surface area (Å²) in [5.41, 5.74) is 4.44. The molecule has 2 rings (SSSR count). The Morgan fingerprint density at radius 2 is 1.88 bits per heavy atom. The van der Waals surface area contributed by atoms with Crippen LogP contribution in [-0.4, -0.2) is 23.2 Å². The second-order valence-electron chi connectivity index (χ2n) is 4.98. The minimum absolute atomic E-state index is 0.0623. The normalized spacial score (nSPS) is 11.0. The molecular weight excluding hydrogens is 326 g/mol. The van der Waals surface area contributed by atoms with E-state index >= 15 is 0 Å². The van der Waals surface area contributed by atoms with E-state index in [2.05, 4.69) is 10.5 Å². The van der Waals surface area contributed by atoms with Crippen LogP contribution in [0.4, 0.5) is 11.4 Å². The largest absolute Gasteiger partial charge is 0.546 e. The topological polar surface area (TPSA) is 117 Å². The van der Waals surface area contributed by atoms with E-state index in [1.807, 2.05) is 6.92 Å². The monoisotopic (exact) mass is 342 g/mol. The highest BCUT2D eigenvalue weighted by Crippen LogP contribution is 2.23. The molecule has 0 amide bonds. The van der Waals surface area contributed by atoms with E-state index < -0.39 is 17.5 Å². The first-order chi connectivity index (χ1) is 12.0. The van der Waals surface area contributed by atoms with Gasteiger partial charge < -0.3 is 14.6 Å². The van der Waals surface area contributed by atoms with Gasteiger partial charge in [0.05, 0.1) is 16.6 Å². The van der Waals surface area contributed by atoms with Gasteiger partial charge in [-0.2, -0.15) is 5.10 Å². The Kier molecular flexibility index (Phi) is 6.05. The molecule has 2 aromatic rings. The van der Waals surface area contributed by atoms with Crippen LogP contribution in [0.2, 0.25) is 0 Å². The van der Waals surface area contributed by atoms with E-state index in [4.69, 9.17) is 4.74 Å². The number of aliphatic carboxylic acids is 1. The number of nitro benzene ring substituents is 1. The number of carboxylic acids is 1. The Labute approximate surface area is 143 Å². The summed E-state index contributed by atoms with van der Waals surface area (Å²) in [7, 11) is 0. The Morgan fingerprint density at radius 1 is 1.20 bits per heavy atom. The third-order valence-corrected chi connectivity index (χ3v) is 3.29. The second kappa shape index (κ2) is 8.44. The Balaban J connectivity index is 2.15. The molecule has 2 aromatic carbocycles. The van der Waals surface area contributed by atoms with Gasteiger partial charge in [-0.1, -0.05) is 19.1 Å². The number of ether oxygens (including phenoxy) is 1. The SMILES string of the molecule is CC/C(=N/Nc1ccccc1[N+](=O)[O-])c1ccc(OCC(=O)[O-])cc1. The lowest BCUT2D eigenvalue weighted by molar-refractivity contribution is -0.384. The molecule has 1 N–H and O–H groups in total. The van der Waals surface area contributed by atoms with Gasteiger partial charge in [-0.15, -0.1) is 0 Å². The van der Waals surface area contributed by atoms with Crippen LogP contribution in [0.25, 0.3) is 0 Å². The van der Waals surface area contributed by atoms with E-state index in [-0.39, 0.29) is 5.69 Å². The zero-order valence-electron chi connectivity index (χ0n) is 13.5. The minimum atomic E-state index is -1.30. The van der Waals surface area contributed by atoms with Crippen molar-refractivity contribution in [1.29, 1.82) is 0 Å². The number of hydrogen-bond donors (Lipinski definition) is 1. The fourth-order valence-corrected chi connectivity index (χ4v) is 2.09. The number of carbonyl (C=O) groups excluding carboxylic acids is 1. The van der Waals surface area contributed by atoms with E-state index in [1.165, 1.54) is 6.07 Å². The average Bonchev–Trinajstić information content (AvgIpc) is 2.61. The first-order valence-corrected chi connectivity index (χ1v) is 7.50. The molecule has 0 fully saturated rings. The number of hydrazone groups is 1. The summed E-state index contributed by atoms with van der Waals surface area (Å²) in [5, 5.41) is 25.6. The molecule has 0 heterocycles. The number of nitrogens with one attached hydrogen (secondary N) is 1. The smallest absolute Gasteiger partial charge is 0.294 e. The molecule has 0 unspecified atom stereocenters. The quantitative estimate of drug-likeness (QED) is 0.445. The van der Waals surface area contributed by atoms with Gasteiger partial charge in [-0.3, -0.25) is 15.5 Å². The molecule has 0 aromatic heterocycles. The van der Waals surface area contributed by atoms with Crippen molar-refractivity contribution < 1.29 is 19.6 Å². The fraction of sp³-hybridized carbons (Fsp3) is 0.176. The number of para-hydroxylation sites is 2. The molecule has 0 spiro atoms. The van der Waals surface area contributed by atoms with Crippen LogP contribution in [0.5, 0.6) is 5.75 Å². The third kappa shape index (κ3) is 5.03. The highest BCUT2D eigenvalue weighted by atomic mass is 16.6. The highest BCUT2D eigenvalue weighted by molar-refractivity contribution is 6.00. The van der Waals surface area contributed by atoms with Crippen molar-refractivity contribution in [2.75, 3.05) is 12.0 Å². The number of benzene rings is 2. The lowest BCUT2D eigenvalue weighted by Crippen LogP contribution is -2.28. The van der Waals surface area contributed by atoms with Crippen LogP contribution < -0.4 is 15.3 Å². The van der Waals surface area contributed by atoms with Crippen LogP contribution in [0, 0.1) is 10.1 Å². The predicted molar refractivity (Wildman–Crippen MR) is 90.5 cm³/mol. The first-order valence-electron chi connectivity index (χ1n) is 7.50. The molecule has 0 atom stereocenters. The zero-order chi connectivity index (χ0) is 18.2. The van der Waals surface area contributed by atoms with Crippen molar-refractivity contribution in [2.24, 2.45) is 5.10 Å². The Bertz CT molecular complexity index is 787. The third-order valence-electron chi connectivity index (χ3n) is 3.29.